The molecule has 0 amide bonds. The summed E-state index contributed by atoms with van der Waals surface area (Å²) < 4.78 is 22.3. The zero-order valence-electron chi connectivity index (χ0n) is 28.0. The van der Waals surface area contributed by atoms with E-state index in [1.807, 2.05) is 0 Å². The second kappa shape index (κ2) is 37.8. The minimum absolute atomic E-state index is 0. The fourth-order valence-corrected chi connectivity index (χ4v) is 5.78. The monoisotopic (exact) mass is 634 g/mol. The van der Waals surface area contributed by atoms with Crippen molar-refractivity contribution in [3.8, 4) is 0 Å². The van der Waals surface area contributed by atoms with E-state index >= 15 is 0 Å². The molecule has 1 N–H and O–H groups in total. The molecule has 0 aromatic heterocycles. The van der Waals surface area contributed by atoms with Crippen LogP contribution in [0, 0.1) is 0 Å². The zero-order valence-corrected chi connectivity index (χ0v) is 32.9. The standard InChI is InChI=1S/C32H67O4P.Na.Zn.H/c1-3-5-7-9-11-13-15-17-19-21-23-25-27-29-31-35-37(33,34)36-32-30-28-26-24-22-20-18-16-14-12-10-8-6-4-2;;;/h3-32H2,1-2H3,(H,33,34);;;/q;+1;;-1. The van der Waals surface area contributed by atoms with Crippen molar-refractivity contribution in [2.45, 2.75) is 194 Å². The van der Waals surface area contributed by atoms with Crippen molar-refractivity contribution in [2.75, 3.05) is 13.2 Å². The maximum atomic E-state index is 12.0. The Labute approximate surface area is 281 Å². The van der Waals surface area contributed by atoms with Gasteiger partial charge in [0.05, 0.1) is 13.2 Å². The van der Waals surface area contributed by atoms with E-state index in [0.717, 1.165) is 25.7 Å². The van der Waals surface area contributed by atoms with Gasteiger partial charge < -0.3 is 6.32 Å². The summed E-state index contributed by atoms with van der Waals surface area (Å²) >= 11 is 0. The van der Waals surface area contributed by atoms with Gasteiger partial charge in [-0.15, -0.1) is 0 Å². The predicted octanol–water partition coefficient (Wildman–Crippen LogP) is 9.20. The first-order valence-electron chi connectivity index (χ1n) is 16.7. The van der Waals surface area contributed by atoms with Crippen LogP contribution >= 0.6 is 7.82 Å². The molecule has 0 spiro atoms. The third-order valence-electron chi connectivity index (χ3n) is 7.50. The molecule has 0 bridgehead atoms. The smallest absolute Gasteiger partial charge is 1.00 e. The van der Waals surface area contributed by atoms with Gasteiger partial charge in [0, 0.05) is 19.5 Å². The van der Waals surface area contributed by atoms with E-state index < -0.39 is 7.82 Å². The number of phosphoric ester groups is 1. The van der Waals surface area contributed by atoms with Gasteiger partial charge in [0.2, 0.25) is 0 Å². The van der Waals surface area contributed by atoms with E-state index in [4.69, 9.17) is 9.05 Å². The largest absolute Gasteiger partial charge is 1.00 e. The van der Waals surface area contributed by atoms with Crippen molar-refractivity contribution in [1.82, 2.24) is 0 Å². The first kappa shape index (κ1) is 45.2. The van der Waals surface area contributed by atoms with E-state index in [-0.39, 0.29) is 50.5 Å². The van der Waals surface area contributed by atoms with Crippen molar-refractivity contribution in [3.05, 3.63) is 0 Å². The molecule has 0 fully saturated rings. The number of unbranched alkanes of at least 4 members (excludes halogenated alkanes) is 26. The maximum Gasteiger partial charge on any atom is 1.00 e. The molecule has 0 aromatic rings. The quantitative estimate of drug-likeness (QED) is 0.0455. The van der Waals surface area contributed by atoms with Crippen LogP contribution in [0.2, 0.25) is 0 Å². The Morgan fingerprint density at radius 2 is 0.615 bits per heavy atom. The minimum Gasteiger partial charge on any atom is -1.00 e. The van der Waals surface area contributed by atoms with E-state index in [0.29, 0.717) is 13.2 Å². The Morgan fingerprint density at radius 3 is 0.821 bits per heavy atom. The summed E-state index contributed by atoms with van der Waals surface area (Å²) in [6.45, 7) is 5.19. The zero-order chi connectivity index (χ0) is 27.1. The molecule has 0 saturated heterocycles. The first-order valence-corrected chi connectivity index (χ1v) is 18.2. The number of rotatable bonds is 32. The number of hydrogen-bond donors (Lipinski definition) is 1. The molecule has 7 heteroatoms. The molecule has 0 atom stereocenters. The van der Waals surface area contributed by atoms with Crippen LogP contribution in [-0.2, 0) is 33.1 Å². The summed E-state index contributed by atoms with van der Waals surface area (Å²) in [6.07, 6.45) is 36.4. The van der Waals surface area contributed by atoms with Gasteiger partial charge >= 0.3 is 37.4 Å². The molecule has 228 valence electrons. The SMILES string of the molecule is CCCCCCCCCCCCCCCCOP(=O)(O)OCCCCCCCCCCCCCCCC.[H-].[Na+].[Zn]. The second-order valence-electron chi connectivity index (χ2n) is 11.3. The van der Waals surface area contributed by atoms with Crippen molar-refractivity contribution >= 4 is 7.82 Å². The summed E-state index contributed by atoms with van der Waals surface area (Å²) in [5.41, 5.74) is 0. The summed E-state index contributed by atoms with van der Waals surface area (Å²) in [5, 5.41) is 0. The van der Waals surface area contributed by atoms with E-state index in [9.17, 15) is 9.46 Å². The Bertz CT molecular complexity index is 454. The van der Waals surface area contributed by atoms with Gasteiger partial charge in [0.1, 0.15) is 0 Å². The average molecular weight is 636 g/mol. The van der Waals surface area contributed by atoms with Crippen LogP contribution in [0.5, 0.6) is 0 Å². The molecule has 0 saturated carbocycles. The summed E-state index contributed by atoms with van der Waals surface area (Å²) in [6, 6.07) is 0. The van der Waals surface area contributed by atoms with Gasteiger partial charge in [-0.2, -0.15) is 0 Å². The van der Waals surface area contributed by atoms with Gasteiger partial charge in [-0.05, 0) is 12.8 Å². The third-order valence-corrected chi connectivity index (χ3v) is 8.52. The fraction of sp³-hybridized carbons (Fsp3) is 1.00. The Hall–Kier alpha value is 1.73. The molecule has 0 aliphatic carbocycles. The van der Waals surface area contributed by atoms with Crippen LogP contribution in [0.3, 0.4) is 0 Å². The van der Waals surface area contributed by atoms with Crippen LogP contribution in [-0.4, -0.2) is 18.1 Å². The van der Waals surface area contributed by atoms with Crippen LogP contribution in [0.1, 0.15) is 195 Å². The van der Waals surface area contributed by atoms with Gasteiger partial charge in [-0.1, -0.05) is 181 Å². The molecule has 4 nitrogen and oxygen atoms in total. The molecular weight excluding hydrogens is 568 g/mol. The van der Waals surface area contributed by atoms with Crippen LogP contribution in [0.4, 0.5) is 0 Å². The van der Waals surface area contributed by atoms with Gasteiger partial charge in [-0.3, -0.25) is 9.05 Å². The van der Waals surface area contributed by atoms with Crippen LogP contribution in [0.25, 0.3) is 0 Å². The molecule has 0 radical (unpaired) electrons. The van der Waals surface area contributed by atoms with Crippen molar-refractivity contribution in [3.63, 3.8) is 0 Å². The third kappa shape index (κ3) is 39.7. The summed E-state index contributed by atoms with van der Waals surface area (Å²) in [5.74, 6) is 0. The van der Waals surface area contributed by atoms with E-state index in [2.05, 4.69) is 13.8 Å². The maximum absolute atomic E-state index is 12.0. The Kier molecular flexibility index (Phi) is 43.7. The number of hydrogen-bond acceptors (Lipinski definition) is 3. The second-order valence-corrected chi connectivity index (χ2v) is 12.8. The molecule has 0 rings (SSSR count). The van der Waals surface area contributed by atoms with Crippen LogP contribution < -0.4 is 29.6 Å². The van der Waals surface area contributed by atoms with Crippen molar-refractivity contribution in [1.29, 1.82) is 0 Å². The normalized spacial score (nSPS) is 11.4. The molecular formula is C32H68NaO4PZn. The van der Waals surface area contributed by atoms with Crippen molar-refractivity contribution in [2.24, 2.45) is 0 Å². The van der Waals surface area contributed by atoms with Crippen molar-refractivity contribution < 1.29 is 69.0 Å². The molecule has 0 aliphatic heterocycles. The van der Waals surface area contributed by atoms with Gasteiger partial charge in [0.15, 0.2) is 0 Å². The van der Waals surface area contributed by atoms with Crippen LogP contribution in [0.15, 0.2) is 0 Å². The fourth-order valence-electron chi connectivity index (χ4n) is 4.99. The predicted molar refractivity (Wildman–Crippen MR) is 163 cm³/mol. The molecule has 0 aromatic carbocycles. The van der Waals surface area contributed by atoms with E-state index in [1.54, 1.807) is 0 Å². The number of phosphoric acid groups is 1. The first-order chi connectivity index (χ1) is 18.1. The molecule has 0 unspecified atom stereocenters. The summed E-state index contributed by atoms with van der Waals surface area (Å²) in [4.78, 5) is 9.83. The Balaban J connectivity index is -0.00000216. The molecule has 0 aliphatic rings. The molecule has 0 heterocycles. The minimum atomic E-state index is -3.87. The molecule has 39 heavy (non-hydrogen) atoms. The average Bonchev–Trinajstić information content (AvgIpc) is 2.88. The van der Waals surface area contributed by atoms with Gasteiger partial charge in [0.25, 0.3) is 0 Å². The topological polar surface area (TPSA) is 55.8 Å². The van der Waals surface area contributed by atoms with E-state index in [1.165, 1.54) is 154 Å². The van der Waals surface area contributed by atoms with Gasteiger partial charge in [-0.25, -0.2) is 4.57 Å². The Morgan fingerprint density at radius 1 is 0.436 bits per heavy atom. The summed E-state index contributed by atoms with van der Waals surface area (Å²) in [7, 11) is -3.87.